The molecule has 0 aromatic rings. The standard InChI is InChI=1S/C10H19Cl3Si/c1-3-5-6-7-9-10(8-4-2)14(11,12)13/h4,8,10H,3,5-7,9H2,1-2H3/b8-4-/t10-/m0/s1. The molecule has 1 atom stereocenters. The Morgan fingerprint density at radius 1 is 1.14 bits per heavy atom. The zero-order valence-corrected chi connectivity index (χ0v) is 12.2. The fourth-order valence-corrected chi connectivity index (χ4v) is 3.97. The van der Waals surface area contributed by atoms with E-state index in [1.165, 1.54) is 25.7 Å². The minimum absolute atomic E-state index is 0.189. The second-order valence-electron chi connectivity index (χ2n) is 3.52. The summed E-state index contributed by atoms with van der Waals surface area (Å²) < 4.78 is 0. The van der Waals surface area contributed by atoms with Crippen molar-refractivity contribution in [3.05, 3.63) is 12.2 Å². The number of hydrogen-bond acceptors (Lipinski definition) is 0. The van der Waals surface area contributed by atoms with E-state index in [-0.39, 0.29) is 5.54 Å². The second-order valence-corrected chi connectivity index (χ2v) is 12.5. The van der Waals surface area contributed by atoms with Gasteiger partial charge < -0.3 is 0 Å². The minimum atomic E-state index is -2.54. The van der Waals surface area contributed by atoms with Crippen LogP contribution in [0.1, 0.15) is 46.0 Å². The molecule has 0 aromatic heterocycles. The summed E-state index contributed by atoms with van der Waals surface area (Å²) in [5.74, 6) is 0. The van der Waals surface area contributed by atoms with Crippen LogP contribution in [-0.2, 0) is 0 Å². The van der Waals surface area contributed by atoms with Gasteiger partial charge in [0.15, 0.2) is 0 Å². The maximum absolute atomic E-state index is 6.01. The van der Waals surface area contributed by atoms with Crippen LogP contribution in [0.2, 0.25) is 5.54 Å². The summed E-state index contributed by atoms with van der Waals surface area (Å²) in [5, 5.41) is 0. The van der Waals surface area contributed by atoms with Gasteiger partial charge in [-0.3, -0.25) is 0 Å². The fraction of sp³-hybridized carbons (Fsp3) is 0.800. The van der Waals surface area contributed by atoms with Crippen LogP contribution in [0.4, 0.5) is 0 Å². The van der Waals surface area contributed by atoms with E-state index in [9.17, 15) is 0 Å². The molecule has 0 aliphatic carbocycles. The van der Waals surface area contributed by atoms with Gasteiger partial charge in [-0.05, 0) is 13.3 Å². The van der Waals surface area contributed by atoms with Crippen molar-refractivity contribution in [1.82, 2.24) is 0 Å². The smallest absolute Gasteiger partial charge is 0.125 e. The molecule has 4 heteroatoms. The van der Waals surface area contributed by atoms with Crippen LogP contribution in [0.3, 0.4) is 0 Å². The van der Waals surface area contributed by atoms with E-state index in [2.05, 4.69) is 6.92 Å². The van der Waals surface area contributed by atoms with Gasteiger partial charge in [-0.25, -0.2) is 0 Å². The molecule has 14 heavy (non-hydrogen) atoms. The molecule has 0 nitrogen and oxygen atoms in total. The Balaban J connectivity index is 3.87. The Bertz CT molecular complexity index is 163. The molecule has 0 unspecified atom stereocenters. The van der Waals surface area contributed by atoms with Crippen molar-refractivity contribution in [2.45, 2.75) is 51.5 Å². The molecule has 0 spiro atoms. The van der Waals surface area contributed by atoms with Crippen LogP contribution < -0.4 is 0 Å². The van der Waals surface area contributed by atoms with Crippen molar-refractivity contribution in [3.8, 4) is 0 Å². The van der Waals surface area contributed by atoms with Crippen molar-refractivity contribution in [3.63, 3.8) is 0 Å². The van der Waals surface area contributed by atoms with Crippen molar-refractivity contribution in [2.75, 3.05) is 0 Å². The van der Waals surface area contributed by atoms with E-state index < -0.39 is 6.00 Å². The number of halogens is 3. The van der Waals surface area contributed by atoms with Crippen molar-refractivity contribution >= 4 is 39.2 Å². The first kappa shape index (κ1) is 14.8. The molecule has 0 radical (unpaired) electrons. The van der Waals surface area contributed by atoms with Crippen LogP contribution in [0, 0.1) is 0 Å². The Hall–Kier alpha value is 0.827. The fourth-order valence-electron chi connectivity index (χ4n) is 1.39. The van der Waals surface area contributed by atoms with Gasteiger partial charge in [-0.2, -0.15) is 0 Å². The molecule has 0 bridgehead atoms. The third-order valence-corrected chi connectivity index (χ3v) is 6.06. The SMILES string of the molecule is C/C=C\[C@@H](CCCCCC)[Si](Cl)(Cl)Cl. The Morgan fingerprint density at radius 2 is 1.79 bits per heavy atom. The maximum atomic E-state index is 6.01. The van der Waals surface area contributed by atoms with E-state index in [1.54, 1.807) is 0 Å². The highest BCUT2D eigenvalue weighted by atomic mass is 35.8. The van der Waals surface area contributed by atoms with Crippen molar-refractivity contribution in [2.24, 2.45) is 0 Å². The molecular formula is C10H19Cl3Si. The summed E-state index contributed by atoms with van der Waals surface area (Å²) in [7, 11) is 0. The highest BCUT2D eigenvalue weighted by molar-refractivity contribution is 7.65. The van der Waals surface area contributed by atoms with Crippen LogP contribution in [0.25, 0.3) is 0 Å². The first-order valence-corrected chi connectivity index (χ1v) is 10.3. The Labute approximate surface area is 103 Å². The molecule has 84 valence electrons. The van der Waals surface area contributed by atoms with E-state index >= 15 is 0 Å². The summed E-state index contributed by atoms with van der Waals surface area (Å²) in [6.45, 7) is 4.18. The van der Waals surface area contributed by atoms with Crippen LogP contribution in [0.5, 0.6) is 0 Å². The van der Waals surface area contributed by atoms with Gasteiger partial charge in [-0.1, -0.05) is 44.8 Å². The third-order valence-electron chi connectivity index (χ3n) is 2.21. The zero-order chi connectivity index (χ0) is 11.0. The van der Waals surface area contributed by atoms with Crippen LogP contribution in [-0.4, -0.2) is 6.00 Å². The summed E-state index contributed by atoms with van der Waals surface area (Å²) in [4.78, 5) is 0. The van der Waals surface area contributed by atoms with Crippen molar-refractivity contribution < 1.29 is 0 Å². The molecule has 0 aromatic carbocycles. The first-order chi connectivity index (χ1) is 6.52. The molecular weight excluding hydrogens is 255 g/mol. The monoisotopic (exact) mass is 272 g/mol. The third kappa shape index (κ3) is 7.16. The highest BCUT2D eigenvalue weighted by Crippen LogP contribution is 2.38. The number of rotatable bonds is 7. The lowest BCUT2D eigenvalue weighted by molar-refractivity contribution is 0.635. The summed E-state index contributed by atoms with van der Waals surface area (Å²) in [6, 6.07) is -2.54. The minimum Gasteiger partial charge on any atom is -0.125 e. The topological polar surface area (TPSA) is 0 Å². The first-order valence-electron chi connectivity index (χ1n) is 5.21. The molecule has 0 rings (SSSR count). The maximum Gasteiger partial charge on any atom is 0.347 e. The van der Waals surface area contributed by atoms with E-state index in [4.69, 9.17) is 33.2 Å². The quantitative estimate of drug-likeness (QED) is 0.247. The van der Waals surface area contributed by atoms with Gasteiger partial charge in [0.25, 0.3) is 0 Å². The average Bonchev–Trinajstić information content (AvgIpc) is 2.08. The summed E-state index contributed by atoms with van der Waals surface area (Å²) in [6.07, 6.45) is 10.0. The Morgan fingerprint density at radius 3 is 2.21 bits per heavy atom. The molecule has 0 fully saturated rings. The largest absolute Gasteiger partial charge is 0.347 e. The van der Waals surface area contributed by atoms with Gasteiger partial charge >= 0.3 is 6.00 Å². The predicted molar refractivity (Wildman–Crippen MR) is 70.6 cm³/mol. The van der Waals surface area contributed by atoms with E-state index in [0.717, 1.165) is 6.42 Å². The second kappa shape index (κ2) is 8.03. The lowest BCUT2D eigenvalue weighted by atomic mass is 10.1. The van der Waals surface area contributed by atoms with Gasteiger partial charge in [0, 0.05) is 5.54 Å². The average molecular weight is 274 g/mol. The molecule has 0 N–H and O–H groups in total. The van der Waals surface area contributed by atoms with Gasteiger partial charge in [-0.15, -0.1) is 33.2 Å². The highest BCUT2D eigenvalue weighted by Gasteiger charge is 2.34. The molecule has 0 saturated carbocycles. The summed E-state index contributed by atoms with van der Waals surface area (Å²) >= 11 is 18.0. The lowest BCUT2D eigenvalue weighted by Crippen LogP contribution is -2.17. The van der Waals surface area contributed by atoms with Crippen molar-refractivity contribution in [1.29, 1.82) is 0 Å². The van der Waals surface area contributed by atoms with E-state index in [1.807, 2.05) is 19.1 Å². The number of unbranched alkanes of at least 4 members (excludes halogenated alkanes) is 3. The zero-order valence-electron chi connectivity index (χ0n) is 8.90. The predicted octanol–water partition coefficient (Wildman–Crippen LogP) is 5.56. The van der Waals surface area contributed by atoms with Gasteiger partial charge in [0.05, 0.1) is 0 Å². The van der Waals surface area contributed by atoms with E-state index in [0.29, 0.717) is 0 Å². The molecule has 0 saturated heterocycles. The van der Waals surface area contributed by atoms with Gasteiger partial charge in [0.1, 0.15) is 0 Å². The number of allylic oxidation sites excluding steroid dienone is 2. The molecule has 0 heterocycles. The molecule has 0 aliphatic rings. The Kier molecular flexibility index (Phi) is 8.51. The molecule has 0 aliphatic heterocycles. The molecule has 0 amide bonds. The van der Waals surface area contributed by atoms with Crippen LogP contribution >= 0.6 is 33.2 Å². The van der Waals surface area contributed by atoms with Gasteiger partial charge in [0.2, 0.25) is 0 Å². The lowest BCUT2D eigenvalue weighted by Gasteiger charge is -2.18. The normalized spacial score (nSPS) is 14.9. The summed E-state index contributed by atoms with van der Waals surface area (Å²) in [5.41, 5.74) is 0.189. The number of hydrogen-bond donors (Lipinski definition) is 0. The van der Waals surface area contributed by atoms with Crippen LogP contribution in [0.15, 0.2) is 12.2 Å².